The second kappa shape index (κ2) is 4.26. The lowest BCUT2D eigenvalue weighted by Gasteiger charge is -1.93. The summed E-state index contributed by atoms with van der Waals surface area (Å²) in [6.07, 6.45) is 2.83. The van der Waals surface area contributed by atoms with Crippen LogP contribution in [0, 0.1) is 6.26 Å². The molecule has 0 saturated carbocycles. The molecule has 0 N–H and O–H groups in total. The Kier molecular flexibility index (Phi) is 2.47. The predicted octanol–water partition coefficient (Wildman–Crippen LogP) is 3.81. The van der Waals surface area contributed by atoms with Gasteiger partial charge in [-0.3, -0.25) is 0 Å². The van der Waals surface area contributed by atoms with Crippen LogP contribution >= 0.6 is 0 Å². The lowest BCUT2D eigenvalue weighted by atomic mass is 10.2. The molecule has 81 valence electrons. The smallest absolute Gasteiger partial charge is 0.227 e. The monoisotopic (exact) mass is 220 g/mol. The molecule has 2 aromatic carbocycles. The molecule has 0 aliphatic heterocycles. The van der Waals surface area contributed by atoms with Crippen LogP contribution < -0.4 is 0 Å². The largest absolute Gasteiger partial charge is 0.432 e. The number of hydrogen-bond acceptors (Lipinski definition) is 2. The number of hydrogen-bond donors (Lipinski definition) is 0. The SMILES string of the molecule is [c]1oc(-c2ccccc2)nc1-c1ccccc1. The van der Waals surface area contributed by atoms with Gasteiger partial charge in [-0.15, -0.1) is 0 Å². The van der Waals surface area contributed by atoms with Gasteiger partial charge in [-0.2, -0.15) is 0 Å². The third-order valence-electron chi connectivity index (χ3n) is 2.53. The van der Waals surface area contributed by atoms with Crippen LogP contribution in [0.4, 0.5) is 0 Å². The van der Waals surface area contributed by atoms with E-state index in [4.69, 9.17) is 4.42 Å². The molecule has 0 aliphatic carbocycles. The maximum atomic E-state index is 5.37. The third kappa shape index (κ3) is 1.97. The Morgan fingerprint density at radius 3 is 2.00 bits per heavy atom. The summed E-state index contributed by atoms with van der Waals surface area (Å²) in [6.45, 7) is 0. The molecule has 1 radical (unpaired) electrons. The van der Waals surface area contributed by atoms with E-state index >= 15 is 0 Å². The molecule has 3 aromatic rings. The van der Waals surface area contributed by atoms with Gasteiger partial charge in [0.05, 0.1) is 0 Å². The fourth-order valence-electron chi connectivity index (χ4n) is 1.67. The van der Waals surface area contributed by atoms with Crippen LogP contribution in [0.3, 0.4) is 0 Å². The Hall–Kier alpha value is -2.35. The van der Waals surface area contributed by atoms with Crippen LogP contribution in [-0.2, 0) is 0 Å². The highest BCUT2D eigenvalue weighted by atomic mass is 16.3. The number of aromatic nitrogens is 1. The van der Waals surface area contributed by atoms with Crippen molar-refractivity contribution in [3.05, 3.63) is 66.9 Å². The molecule has 0 bridgehead atoms. The third-order valence-corrected chi connectivity index (χ3v) is 2.53. The summed E-state index contributed by atoms with van der Waals surface area (Å²) in [5.41, 5.74) is 2.72. The molecule has 17 heavy (non-hydrogen) atoms. The van der Waals surface area contributed by atoms with Crippen molar-refractivity contribution in [3.8, 4) is 22.7 Å². The molecule has 1 aromatic heterocycles. The zero-order valence-electron chi connectivity index (χ0n) is 9.13. The van der Waals surface area contributed by atoms with Crippen molar-refractivity contribution in [2.75, 3.05) is 0 Å². The van der Waals surface area contributed by atoms with Crippen LogP contribution in [0.2, 0.25) is 0 Å². The molecule has 3 rings (SSSR count). The Balaban J connectivity index is 1.99. The van der Waals surface area contributed by atoms with Gasteiger partial charge in [0.15, 0.2) is 0 Å². The summed E-state index contributed by atoms with van der Waals surface area (Å²) in [5.74, 6) is 0.601. The quantitative estimate of drug-likeness (QED) is 0.656. The standard InChI is InChI=1S/C15H10NO/c1-3-7-12(8-4-1)14-11-17-15(16-14)13-9-5-2-6-10-13/h1-10H. The Labute approximate surface area is 99.6 Å². The maximum absolute atomic E-state index is 5.37. The summed E-state index contributed by atoms with van der Waals surface area (Å²) in [7, 11) is 0. The van der Waals surface area contributed by atoms with Crippen LogP contribution in [-0.4, -0.2) is 4.98 Å². The zero-order chi connectivity index (χ0) is 11.5. The Bertz CT molecular complexity index is 545. The van der Waals surface area contributed by atoms with Gasteiger partial charge >= 0.3 is 0 Å². The van der Waals surface area contributed by atoms with Crippen molar-refractivity contribution in [3.63, 3.8) is 0 Å². The summed E-state index contributed by atoms with van der Waals surface area (Å²) in [5, 5.41) is 0. The predicted molar refractivity (Wildman–Crippen MR) is 66.2 cm³/mol. The van der Waals surface area contributed by atoms with Crippen LogP contribution in [0.1, 0.15) is 0 Å². The first-order valence-corrected chi connectivity index (χ1v) is 5.43. The molecular formula is C15H10NO. The van der Waals surface area contributed by atoms with Gasteiger partial charge in [-0.05, 0) is 12.1 Å². The maximum Gasteiger partial charge on any atom is 0.227 e. The van der Waals surface area contributed by atoms with Crippen molar-refractivity contribution < 1.29 is 4.42 Å². The van der Waals surface area contributed by atoms with Crippen LogP contribution in [0.5, 0.6) is 0 Å². The highest BCUT2D eigenvalue weighted by molar-refractivity contribution is 5.61. The molecule has 0 saturated heterocycles. The van der Waals surface area contributed by atoms with Gasteiger partial charge in [0.25, 0.3) is 0 Å². The highest BCUT2D eigenvalue weighted by Crippen LogP contribution is 2.23. The molecule has 2 nitrogen and oxygen atoms in total. The minimum Gasteiger partial charge on any atom is -0.432 e. The lowest BCUT2D eigenvalue weighted by molar-refractivity contribution is 0.566. The van der Waals surface area contributed by atoms with E-state index in [1.54, 1.807) is 0 Å². The average Bonchev–Trinajstić information content (AvgIpc) is 2.90. The first-order chi connectivity index (χ1) is 8.43. The van der Waals surface area contributed by atoms with Gasteiger partial charge in [-0.25, -0.2) is 4.98 Å². The van der Waals surface area contributed by atoms with Crippen molar-refractivity contribution >= 4 is 0 Å². The van der Waals surface area contributed by atoms with Gasteiger partial charge in [-0.1, -0.05) is 48.5 Å². The molecule has 1 heterocycles. The first kappa shape index (κ1) is 9.85. The second-order valence-corrected chi connectivity index (χ2v) is 3.70. The average molecular weight is 220 g/mol. The van der Waals surface area contributed by atoms with E-state index in [0.29, 0.717) is 5.89 Å². The van der Waals surface area contributed by atoms with E-state index in [-0.39, 0.29) is 0 Å². The molecular weight excluding hydrogens is 210 g/mol. The number of benzene rings is 2. The normalized spacial score (nSPS) is 10.4. The van der Waals surface area contributed by atoms with E-state index in [1.807, 2.05) is 60.7 Å². The van der Waals surface area contributed by atoms with Crippen molar-refractivity contribution in [1.29, 1.82) is 0 Å². The zero-order valence-corrected chi connectivity index (χ0v) is 9.13. The second-order valence-electron chi connectivity index (χ2n) is 3.70. The molecule has 0 spiro atoms. The molecule has 0 aliphatic rings. The van der Waals surface area contributed by atoms with Crippen molar-refractivity contribution in [1.82, 2.24) is 4.98 Å². The van der Waals surface area contributed by atoms with E-state index in [9.17, 15) is 0 Å². The van der Waals surface area contributed by atoms with E-state index in [1.165, 1.54) is 0 Å². The lowest BCUT2D eigenvalue weighted by Crippen LogP contribution is -1.78. The van der Waals surface area contributed by atoms with Crippen molar-refractivity contribution in [2.45, 2.75) is 0 Å². The number of oxazole rings is 1. The van der Waals surface area contributed by atoms with Gasteiger partial charge in [0.2, 0.25) is 12.2 Å². The van der Waals surface area contributed by atoms with Crippen LogP contribution in [0.15, 0.2) is 65.1 Å². The van der Waals surface area contributed by atoms with E-state index in [2.05, 4.69) is 11.2 Å². The summed E-state index contributed by atoms with van der Waals surface area (Å²) in [6, 6.07) is 19.7. The molecule has 2 heteroatoms. The molecule has 0 amide bonds. The molecule has 0 atom stereocenters. The van der Waals surface area contributed by atoms with Gasteiger partial charge in [0, 0.05) is 11.1 Å². The van der Waals surface area contributed by atoms with Crippen molar-refractivity contribution in [2.24, 2.45) is 0 Å². The fraction of sp³-hybridized carbons (Fsp3) is 0. The highest BCUT2D eigenvalue weighted by Gasteiger charge is 2.07. The summed E-state index contributed by atoms with van der Waals surface area (Å²) >= 11 is 0. The fourth-order valence-corrected chi connectivity index (χ4v) is 1.67. The first-order valence-electron chi connectivity index (χ1n) is 5.43. The summed E-state index contributed by atoms with van der Waals surface area (Å²) in [4.78, 5) is 4.43. The summed E-state index contributed by atoms with van der Waals surface area (Å²) < 4.78 is 5.37. The van der Waals surface area contributed by atoms with Crippen LogP contribution in [0.25, 0.3) is 22.7 Å². The van der Waals surface area contributed by atoms with Gasteiger partial charge in [0.1, 0.15) is 5.69 Å². The van der Waals surface area contributed by atoms with E-state index in [0.717, 1.165) is 16.8 Å². The number of rotatable bonds is 2. The molecule has 0 unspecified atom stereocenters. The Morgan fingerprint density at radius 2 is 1.35 bits per heavy atom. The minimum atomic E-state index is 0.601. The Morgan fingerprint density at radius 1 is 0.765 bits per heavy atom. The topological polar surface area (TPSA) is 26.0 Å². The minimum absolute atomic E-state index is 0.601. The van der Waals surface area contributed by atoms with Gasteiger partial charge < -0.3 is 4.42 Å². The van der Waals surface area contributed by atoms with E-state index < -0.39 is 0 Å². The number of nitrogens with zero attached hydrogens (tertiary/aromatic N) is 1. The molecule has 0 fully saturated rings.